The van der Waals surface area contributed by atoms with E-state index in [1.165, 1.54) is 0 Å². The van der Waals surface area contributed by atoms with Gasteiger partial charge in [0, 0.05) is 24.7 Å². The average molecular weight is 247 g/mol. The van der Waals surface area contributed by atoms with Gasteiger partial charge >= 0.3 is 0 Å². The highest BCUT2D eigenvalue weighted by Gasteiger charge is 2.42. The third kappa shape index (κ3) is 2.33. The summed E-state index contributed by atoms with van der Waals surface area (Å²) < 4.78 is 6.14. The molecule has 1 N–H and O–H groups in total. The second kappa shape index (κ2) is 4.13. The lowest BCUT2D eigenvalue weighted by molar-refractivity contribution is 0.109. The fraction of sp³-hybridized carbons (Fsp3) is 0.500. The van der Waals surface area contributed by atoms with Gasteiger partial charge in [-0.3, -0.25) is 0 Å². The van der Waals surface area contributed by atoms with Crippen molar-refractivity contribution in [1.29, 1.82) is 5.26 Å². The summed E-state index contributed by atoms with van der Waals surface area (Å²) >= 11 is 0. The summed E-state index contributed by atoms with van der Waals surface area (Å²) in [5.41, 5.74) is 0.0513. The van der Waals surface area contributed by atoms with E-state index in [4.69, 9.17) is 4.43 Å². The highest BCUT2D eigenvalue weighted by Crippen LogP contribution is 2.38. The van der Waals surface area contributed by atoms with Crippen molar-refractivity contribution in [2.45, 2.75) is 31.7 Å². The highest BCUT2D eigenvalue weighted by atomic mass is 28.4. The Hall–Kier alpha value is -1.38. The molecule has 0 saturated carbocycles. The third-order valence-corrected chi connectivity index (χ3v) is 3.63. The Morgan fingerprint density at radius 2 is 2.29 bits per heavy atom. The molecule has 2 rings (SSSR count). The van der Waals surface area contributed by atoms with Crippen LogP contribution in [0.25, 0.3) is 0 Å². The molecule has 0 bridgehead atoms. The second-order valence-corrected chi connectivity index (χ2v) is 9.66. The number of anilines is 1. The quantitative estimate of drug-likeness (QED) is 0.816. The maximum Gasteiger partial charge on any atom is 0.186 e. The van der Waals surface area contributed by atoms with Crippen molar-refractivity contribution in [3.8, 4) is 6.07 Å². The van der Waals surface area contributed by atoms with Gasteiger partial charge in [0.15, 0.2) is 13.9 Å². The number of hydrogen-bond acceptors (Lipinski definition) is 4. The van der Waals surface area contributed by atoms with E-state index in [2.05, 4.69) is 36.0 Å². The van der Waals surface area contributed by atoms with Gasteiger partial charge in [0.05, 0.1) is 0 Å². The summed E-state index contributed by atoms with van der Waals surface area (Å²) in [6.45, 7) is 7.03. The largest absolute Gasteiger partial charge is 0.396 e. The minimum atomic E-state index is -1.78. The fourth-order valence-corrected chi connectivity index (χ4v) is 3.43. The van der Waals surface area contributed by atoms with Crippen molar-refractivity contribution in [2.24, 2.45) is 0 Å². The minimum absolute atomic E-state index is 0.673. The zero-order valence-electron chi connectivity index (χ0n) is 10.4. The van der Waals surface area contributed by atoms with E-state index in [-0.39, 0.29) is 0 Å². The first kappa shape index (κ1) is 12.1. The van der Waals surface area contributed by atoms with Crippen LogP contribution in [0.4, 0.5) is 5.82 Å². The number of nitrogens with one attached hydrogen (secondary N) is 1. The molecule has 0 saturated heterocycles. The maximum atomic E-state index is 9.54. The molecule has 0 spiro atoms. The topological polar surface area (TPSA) is 57.9 Å². The van der Waals surface area contributed by atoms with E-state index in [9.17, 15) is 5.26 Å². The van der Waals surface area contributed by atoms with Crippen LogP contribution in [0.3, 0.4) is 0 Å². The average Bonchev–Trinajstić information content (AvgIpc) is 2.27. The van der Waals surface area contributed by atoms with Crippen LogP contribution >= 0.6 is 0 Å². The van der Waals surface area contributed by atoms with Crippen LogP contribution in [0.1, 0.15) is 12.0 Å². The molecule has 17 heavy (non-hydrogen) atoms. The number of pyridine rings is 1. The Morgan fingerprint density at radius 3 is 2.94 bits per heavy atom. The van der Waals surface area contributed by atoms with Crippen LogP contribution < -0.4 is 5.32 Å². The fourth-order valence-electron chi connectivity index (χ4n) is 2.13. The van der Waals surface area contributed by atoms with Crippen LogP contribution in [0, 0.1) is 11.3 Å². The summed E-state index contributed by atoms with van der Waals surface area (Å²) in [4.78, 5) is 4.27. The number of hydrogen-bond donors (Lipinski definition) is 1. The van der Waals surface area contributed by atoms with E-state index in [1.807, 2.05) is 12.1 Å². The summed E-state index contributed by atoms with van der Waals surface area (Å²) in [5, 5.41) is 12.8. The van der Waals surface area contributed by atoms with Gasteiger partial charge in [-0.1, -0.05) is 0 Å². The van der Waals surface area contributed by atoms with Gasteiger partial charge in [-0.05, 0) is 31.8 Å². The van der Waals surface area contributed by atoms with E-state index < -0.39 is 13.9 Å². The summed E-state index contributed by atoms with van der Waals surface area (Å²) in [6.07, 6.45) is 2.40. The van der Waals surface area contributed by atoms with Crippen molar-refractivity contribution >= 4 is 14.1 Å². The van der Waals surface area contributed by atoms with Gasteiger partial charge < -0.3 is 9.74 Å². The molecule has 1 unspecified atom stereocenters. The van der Waals surface area contributed by atoms with Gasteiger partial charge in [-0.15, -0.1) is 0 Å². The van der Waals surface area contributed by atoms with Crippen LogP contribution in [0.5, 0.6) is 0 Å². The SMILES string of the molecule is C[Si](C)(C)OC1(C#N)CCNc2ncccc21. The molecule has 1 aliphatic heterocycles. The Balaban J connectivity index is 2.47. The Labute approximate surface area is 103 Å². The lowest BCUT2D eigenvalue weighted by atomic mass is 9.90. The molecule has 1 atom stereocenters. The first-order chi connectivity index (χ1) is 7.97. The first-order valence-corrected chi connectivity index (χ1v) is 9.18. The van der Waals surface area contributed by atoms with Crippen molar-refractivity contribution in [3.05, 3.63) is 23.9 Å². The standard InChI is InChI=1S/C12H17N3OSi/c1-17(2,3)16-12(9-13)6-8-15-11-10(12)5-4-7-14-11/h4-5,7H,6,8H2,1-3H3,(H,14,15). The molecule has 90 valence electrons. The minimum Gasteiger partial charge on any atom is -0.396 e. The van der Waals surface area contributed by atoms with Crippen molar-refractivity contribution in [3.63, 3.8) is 0 Å². The van der Waals surface area contributed by atoms with Crippen LogP contribution in [0.15, 0.2) is 18.3 Å². The Kier molecular flexibility index (Phi) is 2.94. The number of aromatic nitrogens is 1. The van der Waals surface area contributed by atoms with Gasteiger partial charge in [-0.25, -0.2) is 4.98 Å². The molecule has 0 radical (unpaired) electrons. The van der Waals surface area contributed by atoms with Gasteiger partial charge in [0.25, 0.3) is 0 Å². The summed E-state index contributed by atoms with van der Waals surface area (Å²) in [7, 11) is -1.78. The van der Waals surface area contributed by atoms with Crippen LogP contribution in [0.2, 0.25) is 19.6 Å². The van der Waals surface area contributed by atoms with Crippen LogP contribution in [-0.2, 0) is 10.0 Å². The molecule has 0 aliphatic carbocycles. The number of nitrogens with zero attached hydrogens (tertiary/aromatic N) is 2. The zero-order valence-corrected chi connectivity index (χ0v) is 11.4. The first-order valence-electron chi connectivity index (χ1n) is 5.78. The van der Waals surface area contributed by atoms with Crippen molar-refractivity contribution < 1.29 is 4.43 Å². The van der Waals surface area contributed by atoms with Gasteiger partial charge in [-0.2, -0.15) is 5.26 Å². The lowest BCUT2D eigenvalue weighted by Gasteiger charge is -2.37. The zero-order chi connectivity index (χ0) is 12.5. The van der Waals surface area contributed by atoms with Gasteiger partial charge in [0.1, 0.15) is 11.9 Å². The Morgan fingerprint density at radius 1 is 1.53 bits per heavy atom. The predicted molar refractivity (Wildman–Crippen MR) is 69.1 cm³/mol. The molecule has 0 fully saturated rings. The van der Waals surface area contributed by atoms with E-state index in [1.54, 1.807) is 6.20 Å². The maximum absolute atomic E-state index is 9.54. The molecule has 1 aromatic rings. The van der Waals surface area contributed by atoms with Gasteiger partial charge in [0.2, 0.25) is 0 Å². The van der Waals surface area contributed by atoms with E-state index >= 15 is 0 Å². The molecule has 0 amide bonds. The lowest BCUT2D eigenvalue weighted by Crippen LogP contribution is -2.43. The Bertz CT molecular complexity index is 464. The monoisotopic (exact) mass is 247 g/mol. The molecule has 1 aromatic heterocycles. The molecule has 0 aromatic carbocycles. The number of fused-ring (bicyclic) bond motifs is 1. The van der Waals surface area contributed by atoms with E-state index in [0.717, 1.165) is 17.9 Å². The molecule has 4 nitrogen and oxygen atoms in total. The summed E-state index contributed by atoms with van der Waals surface area (Å²) in [5.74, 6) is 0.776. The van der Waals surface area contributed by atoms with Crippen molar-refractivity contribution in [1.82, 2.24) is 4.98 Å². The van der Waals surface area contributed by atoms with Crippen LogP contribution in [-0.4, -0.2) is 19.8 Å². The third-order valence-electron chi connectivity index (χ3n) is 2.67. The molecule has 2 heterocycles. The highest BCUT2D eigenvalue weighted by molar-refractivity contribution is 6.69. The molecule has 1 aliphatic rings. The summed E-state index contributed by atoms with van der Waals surface area (Å²) in [6, 6.07) is 6.14. The van der Waals surface area contributed by atoms with Crippen molar-refractivity contribution in [2.75, 3.05) is 11.9 Å². The number of nitriles is 1. The molecule has 5 heteroatoms. The molecular formula is C12H17N3OSi. The normalized spacial score (nSPS) is 23.4. The molecular weight excluding hydrogens is 230 g/mol. The number of rotatable bonds is 2. The smallest absolute Gasteiger partial charge is 0.186 e. The predicted octanol–water partition coefficient (Wildman–Crippen LogP) is 2.47. The second-order valence-electron chi connectivity index (χ2n) is 5.23. The van der Waals surface area contributed by atoms with E-state index in [0.29, 0.717) is 6.42 Å².